The van der Waals surface area contributed by atoms with Crippen LogP contribution in [0.3, 0.4) is 0 Å². The summed E-state index contributed by atoms with van der Waals surface area (Å²) < 4.78 is 7.22. The van der Waals surface area contributed by atoms with Gasteiger partial charge in [0.2, 0.25) is 0 Å². The van der Waals surface area contributed by atoms with Gasteiger partial charge < -0.3 is 10.1 Å². The second kappa shape index (κ2) is 8.30. The zero-order valence-electron chi connectivity index (χ0n) is 13.3. The first-order valence-electron chi connectivity index (χ1n) is 8.23. The van der Waals surface area contributed by atoms with E-state index in [9.17, 15) is 0 Å². The predicted molar refractivity (Wildman–Crippen MR) is 92.8 cm³/mol. The normalized spacial score (nSPS) is 19.4. The van der Waals surface area contributed by atoms with Crippen LogP contribution in [-0.4, -0.2) is 25.3 Å². The lowest BCUT2D eigenvalue weighted by Gasteiger charge is -2.43. The summed E-state index contributed by atoms with van der Waals surface area (Å²) in [5.74, 6) is 0. The van der Waals surface area contributed by atoms with Crippen molar-refractivity contribution in [2.45, 2.75) is 63.5 Å². The van der Waals surface area contributed by atoms with E-state index in [1.165, 1.54) is 37.7 Å². The van der Waals surface area contributed by atoms with E-state index in [0.717, 1.165) is 23.9 Å². The van der Waals surface area contributed by atoms with E-state index in [4.69, 9.17) is 4.74 Å². The van der Waals surface area contributed by atoms with Crippen molar-refractivity contribution >= 4 is 15.9 Å². The Hall–Kier alpha value is -0.380. The number of hydrogen-bond donors (Lipinski definition) is 1. The molecule has 0 saturated heterocycles. The van der Waals surface area contributed by atoms with Gasteiger partial charge in [0.15, 0.2) is 0 Å². The highest BCUT2D eigenvalue weighted by Gasteiger charge is 2.39. The van der Waals surface area contributed by atoms with Gasteiger partial charge in [-0.15, -0.1) is 0 Å². The molecular formula is C18H28BrNO. The molecular weight excluding hydrogens is 326 g/mol. The molecule has 0 spiro atoms. The van der Waals surface area contributed by atoms with Crippen molar-refractivity contribution in [3.8, 4) is 0 Å². The monoisotopic (exact) mass is 353 g/mol. The summed E-state index contributed by atoms with van der Waals surface area (Å²) in [6.45, 7) is 3.29. The summed E-state index contributed by atoms with van der Waals surface area (Å²) >= 11 is 3.58. The third kappa shape index (κ3) is 4.54. The van der Waals surface area contributed by atoms with Crippen LogP contribution in [0.25, 0.3) is 0 Å². The number of methoxy groups -OCH3 is 1. The third-order valence-electron chi connectivity index (χ3n) is 4.71. The summed E-state index contributed by atoms with van der Waals surface area (Å²) in [5.41, 5.74) is 1.38. The Morgan fingerprint density at radius 3 is 2.67 bits per heavy atom. The minimum atomic E-state index is 0.00966. The maximum absolute atomic E-state index is 6.07. The molecule has 0 aliphatic heterocycles. The zero-order valence-corrected chi connectivity index (χ0v) is 14.9. The first kappa shape index (κ1) is 17.0. The van der Waals surface area contributed by atoms with Gasteiger partial charge in [0, 0.05) is 17.6 Å². The Labute approximate surface area is 137 Å². The molecule has 2 rings (SSSR count). The number of hydrogen-bond acceptors (Lipinski definition) is 2. The molecule has 1 aliphatic rings. The summed E-state index contributed by atoms with van der Waals surface area (Å²) in [4.78, 5) is 0. The third-order valence-corrected chi connectivity index (χ3v) is 5.20. The SMILES string of the molecule is CCCNC(Cc1cccc(Br)c1)C1(OC)CCCCC1. The molecule has 1 aromatic carbocycles. The van der Waals surface area contributed by atoms with E-state index in [1.54, 1.807) is 0 Å². The van der Waals surface area contributed by atoms with Crippen molar-refractivity contribution < 1.29 is 4.74 Å². The lowest BCUT2D eigenvalue weighted by atomic mass is 9.77. The maximum atomic E-state index is 6.07. The van der Waals surface area contributed by atoms with Gasteiger partial charge in [-0.25, -0.2) is 0 Å². The van der Waals surface area contributed by atoms with E-state index in [-0.39, 0.29) is 5.60 Å². The maximum Gasteiger partial charge on any atom is 0.0834 e. The lowest BCUT2D eigenvalue weighted by molar-refractivity contribution is -0.0672. The van der Waals surface area contributed by atoms with Crippen LogP contribution in [0.15, 0.2) is 28.7 Å². The van der Waals surface area contributed by atoms with Crippen molar-refractivity contribution in [3.63, 3.8) is 0 Å². The Morgan fingerprint density at radius 2 is 2.05 bits per heavy atom. The average Bonchev–Trinajstić information content (AvgIpc) is 2.52. The molecule has 1 fully saturated rings. The van der Waals surface area contributed by atoms with Crippen molar-refractivity contribution in [2.75, 3.05) is 13.7 Å². The average molecular weight is 354 g/mol. The Balaban J connectivity index is 2.16. The fraction of sp³-hybridized carbons (Fsp3) is 0.667. The van der Waals surface area contributed by atoms with Crippen molar-refractivity contribution in [2.24, 2.45) is 0 Å². The van der Waals surface area contributed by atoms with Gasteiger partial charge in [0.25, 0.3) is 0 Å². The quantitative estimate of drug-likeness (QED) is 0.766. The molecule has 0 aromatic heterocycles. The molecule has 1 saturated carbocycles. The molecule has 1 atom stereocenters. The number of ether oxygens (including phenoxy) is 1. The first-order valence-corrected chi connectivity index (χ1v) is 9.02. The van der Waals surface area contributed by atoms with Crippen molar-refractivity contribution in [1.29, 1.82) is 0 Å². The zero-order chi connectivity index (χ0) is 15.1. The topological polar surface area (TPSA) is 21.3 Å². The minimum absolute atomic E-state index is 0.00966. The van der Waals surface area contributed by atoms with Crippen LogP contribution in [0.1, 0.15) is 51.0 Å². The smallest absolute Gasteiger partial charge is 0.0834 e. The molecule has 0 radical (unpaired) electrons. The van der Waals surface area contributed by atoms with Crippen LogP contribution >= 0.6 is 15.9 Å². The number of nitrogens with one attached hydrogen (secondary N) is 1. The molecule has 118 valence electrons. The summed E-state index contributed by atoms with van der Waals surface area (Å²) in [7, 11) is 1.90. The number of halogens is 1. The molecule has 21 heavy (non-hydrogen) atoms. The van der Waals surface area contributed by atoms with Gasteiger partial charge in [0.05, 0.1) is 5.60 Å². The Morgan fingerprint density at radius 1 is 1.29 bits per heavy atom. The highest BCUT2D eigenvalue weighted by atomic mass is 79.9. The Bertz CT molecular complexity index is 429. The second-order valence-electron chi connectivity index (χ2n) is 6.17. The standard InChI is InChI=1S/C18H28BrNO/c1-3-12-20-17(14-15-8-7-9-16(19)13-15)18(21-2)10-5-4-6-11-18/h7-9,13,17,20H,3-6,10-12,14H2,1-2H3. The van der Waals surface area contributed by atoms with Gasteiger partial charge >= 0.3 is 0 Å². The predicted octanol–water partition coefficient (Wildman–Crippen LogP) is 4.71. The van der Waals surface area contributed by atoms with Crippen LogP contribution in [0.2, 0.25) is 0 Å². The van der Waals surface area contributed by atoms with Gasteiger partial charge in [0.1, 0.15) is 0 Å². The van der Waals surface area contributed by atoms with Gasteiger partial charge in [-0.2, -0.15) is 0 Å². The first-order chi connectivity index (χ1) is 10.2. The highest BCUT2D eigenvalue weighted by Crippen LogP contribution is 2.35. The van der Waals surface area contributed by atoms with Gasteiger partial charge in [-0.05, 0) is 49.9 Å². The molecule has 3 heteroatoms. The molecule has 1 unspecified atom stereocenters. The van der Waals surface area contributed by atoms with E-state index in [2.05, 4.69) is 52.4 Å². The summed E-state index contributed by atoms with van der Waals surface area (Å²) in [6.07, 6.45) is 8.48. The second-order valence-corrected chi connectivity index (χ2v) is 7.09. The van der Waals surface area contributed by atoms with Crippen LogP contribution in [0.4, 0.5) is 0 Å². The summed E-state index contributed by atoms with van der Waals surface area (Å²) in [6, 6.07) is 9.06. The van der Waals surface area contributed by atoms with Crippen LogP contribution < -0.4 is 5.32 Å². The van der Waals surface area contributed by atoms with Gasteiger partial charge in [-0.3, -0.25) is 0 Å². The molecule has 1 aromatic rings. The molecule has 0 amide bonds. The Kier molecular flexibility index (Phi) is 6.72. The number of rotatable bonds is 7. The van der Waals surface area contributed by atoms with Crippen LogP contribution in [0, 0.1) is 0 Å². The van der Waals surface area contributed by atoms with Crippen LogP contribution in [0.5, 0.6) is 0 Å². The molecule has 0 heterocycles. The van der Waals surface area contributed by atoms with E-state index in [0.29, 0.717) is 6.04 Å². The molecule has 1 N–H and O–H groups in total. The number of benzene rings is 1. The molecule has 1 aliphatic carbocycles. The van der Waals surface area contributed by atoms with Gasteiger partial charge in [-0.1, -0.05) is 54.2 Å². The van der Waals surface area contributed by atoms with E-state index >= 15 is 0 Å². The lowest BCUT2D eigenvalue weighted by Crippen LogP contribution is -2.54. The highest BCUT2D eigenvalue weighted by molar-refractivity contribution is 9.10. The minimum Gasteiger partial charge on any atom is -0.377 e. The van der Waals surface area contributed by atoms with Crippen molar-refractivity contribution in [1.82, 2.24) is 5.32 Å². The van der Waals surface area contributed by atoms with E-state index < -0.39 is 0 Å². The molecule has 0 bridgehead atoms. The van der Waals surface area contributed by atoms with E-state index in [1.807, 2.05) is 7.11 Å². The fourth-order valence-corrected chi connectivity index (χ4v) is 3.95. The van der Waals surface area contributed by atoms with Crippen molar-refractivity contribution in [3.05, 3.63) is 34.3 Å². The molecule has 2 nitrogen and oxygen atoms in total. The summed E-state index contributed by atoms with van der Waals surface area (Å²) in [5, 5.41) is 3.76. The fourth-order valence-electron chi connectivity index (χ4n) is 3.51. The van der Waals surface area contributed by atoms with Crippen LogP contribution in [-0.2, 0) is 11.2 Å². The largest absolute Gasteiger partial charge is 0.377 e.